The number of hydrogen-bond donors (Lipinski definition) is 0. The molecule has 0 N–H and O–H groups in total. The van der Waals surface area contributed by atoms with Crippen LogP contribution in [0, 0.1) is 0 Å². The molecule has 0 spiro atoms. The van der Waals surface area contributed by atoms with Crippen molar-refractivity contribution in [2.24, 2.45) is 0 Å². The molecule has 3 nitrogen and oxygen atoms in total. The van der Waals surface area contributed by atoms with Gasteiger partial charge in [0.2, 0.25) is 0 Å². The summed E-state index contributed by atoms with van der Waals surface area (Å²) < 4.78 is 5.40. The lowest BCUT2D eigenvalue weighted by Gasteiger charge is -2.07. The van der Waals surface area contributed by atoms with Crippen LogP contribution in [0.15, 0.2) is 79.1 Å². The van der Waals surface area contributed by atoms with Gasteiger partial charge in [-0.3, -0.25) is 4.98 Å². The van der Waals surface area contributed by atoms with Crippen LogP contribution >= 0.6 is 0 Å². The van der Waals surface area contributed by atoms with E-state index < -0.39 is 0 Å². The summed E-state index contributed by atoms with van der Waals surface area (Å²) in [6, 6.07) is 21.3. The van der Waals surface area contributed by atoms with Crippen molar-refractivity contribution in [2.45, 2.75) is 6.61 Å². The van der Waals surface area contributed by atoms with Crippen LogP contribution in [0.5, 0.6) is 0 Å². The molecule has 0 saturated heterocycles. The molecule has 1 aromatic heterocycles. The second-order valence-corrected chi connectivity index (χ2v) is 5.66. The number of nitrogens with zero attached hydrogens (tertiary/aromatic N) is 1. The van der Waals surface area contributed by atoms with E-state index in [-0.39, 0.29) is 12.6 Å². The van der Waals surface area contributed by atoms with Gasteiger partial charge >= 0.3 is 5.97 Å². The lowest BCUT2D eigenvalue weighted by Crippen LogP contribution is -2.05. The van der Waals surface area contributed by atoms with Crippen LogP contribution in [0.2, 0.25) is 0 Å². The van der Waals surface area contributed by atoms with E-state index >= 15 is 0 Å². The lowest BCUT2D eigenvalue weighted by atomic mass is 10.0. The van der Waals surface area contributed by atoms with E-state index in [0.717, 1.165) is 27.1 Å². The van der Waals surface area contributed by atoms with Gasteiger partial charge in [0.05, 0.1) is 5.56 Å². The van der Waals surface area contributed by atoms with Crippen LogP contribution in [-0.4, -0.2) is 11.0 Å². The Bertz CT molecular complexity index is 1030. The zero-order valence-electron chi connectivity index (χ0n) is 13.0. The second-order valence-electron chi connectivity index (χ2n) is 5.66. The molecule has 4 aromatic rings. The summed E-state index contributed by atoms with van der Waals surface area (Å²) in [5.41, 5.74) is 1.53. The molecule has 0 aliphatic heterocycles. The molecule has 0 saturated carbocycles. The average molecular weight is 313 g/mol. The summed E-state index contributed by atoms with van der Waals surface area (Å²) in [5, 5.41) is 4.31. The van der Waals surface area contributed by atoms with Gasteiger partial charge in [-0.1, -0.05) is 48.5 Å². The minimum Gasteiger partial charge on any atom is -0.457 e. The molecule has 0 aliphatic carbocycles. The molecule has 0 aliphatic rings. The summed E-state index contributed by atoms with van der Waals surface area (Å²) in [6.07, 6.45) is 3.63. The zero-order chi connectivity index (χ0) is 16.4. The maximum atomic E-state index is 12.3. The van der Waals surface area contributed by atoms with Gasteiger partial charge in [-0.15, -0.1) is 0 Å². The second kappa shape index (κ2) is 6.13. The Morgan fingerprint density at radius 1 is 0.875 bits per heavy atom. The quantitative estimate of drug-likeness (QED) is 0.405. The Morgan fingerprint density at radius 3 is 2.58 bits per heavy atom. The van der Waals surface area contributed by atoms with E-state index in [4.69, 9.17) is 4.74 Å². The number of hydrogen-bond acceptors (Lipinski definition) is 3. The van der Waals surface area contributed by atoms with Crippen molar-refractivity contribution in [3.63, 3.8) is 0 Å². The molecule has 0 amide bonds. The number of esters is 1. The Kier molecular flexibility index (Phi) is 3.67. The molecule has 0 atom stereocenters. The maximum Gasteiger partial charge on any atom is 0.338 e. The summed E-state index contributed by atoms with van der Waals surface area (Å²) in [5.74, 6) is -0.313. The minimum absolute atomic E-state index is 0.277. The van der Waals surface area contributed by atoms with Gasteiger partial charge in [0, 0.05) is 17.8 Å². The molecule has 3 aromatic carbocycles. The number of pyridine rings is 1. The fourth-order valence-electron chi connectivity index (χ4n) is 2.83. The fourth-order valence-corrected chi connectivity index (χ4v) is 2.83. The van der Waals surface area contributed by atoms with Crippen molar-refractivity contribution >= 4 is 27.5 Å². The molecule has 24 heavy (non-hydrogen) atoms. The number of aromatic nitrogens is 1. The zero-order valence-corrected chi connectivity index (χ0v) is 13.0. The predicted octanol–water partition coefficient (Wildman–Crippen LogP) is 4.75. The predicted molar refractivity (Wildman–Crippen MR) is 94.8 cm³/mol. The highest BCUT2D eigenvalue weighted by molar-refractivity contribution is 6.08. The first-order valence-corrected chi connectivity index (χ1v) is 7.79. The first kappa shape index (κ1) is 14.4. The van der Waals surface area contributed by atoms with E-state index in [2.05, 4.69) is 4.98 Å². The Hall–Kier alpha value is -3.20. The Labute approximate surface area is 139 Å². The van der Waals surface area contributed by atoms with Crippen molar-refractivity contribution in [3.05, 3.63) is 90.3 Å². The lowest BCUT2D eigenvalue weighted by molar-refractivity contribution is 0.0473. The molecular weight excluding hydrogens is 298 g/mol. The minimum atomic E-state index is -0.313. The van der Waals surface area contributed by atoms with E-state index in [0.29, 0.717) is 5.56 Å². The fraction of sp³-hybridized carbons (Fsp3) is 0.0476. The standard InChI is InChI=1S/C21H15NO2/c23-21(24-14-15-4-2-1-3-5-15)18-8-9-19-17(12-18)7-6-16-10-11-22-13-20(16)19/h1-13H,14H2. The average Bonchev–Trinajstić information content (AvgIpc) is 2.66. The van der Waals surface area contributed by atoms with Gasteiger partial charge in [0.25, 0.3) is 0 Å². The van der Waals surface area contributed by atoms with Crippen molar-refractivity contribution in [1.82, 2.24) is 4.98 Å². The topological polar surface area (TPSA) is 39.2 Å². The number of ether oxygens (including phenoxy) is 1. The SMILES string of the molecule is O=C(OCc1ccccc1)c1ccc2c(ccc3ccncc32)c1. The molecular formula is C21H15NO2. The normalized spacial score (nSPS) is 10.8. The summed E-state index contributed by atoms with van der Waals surface area (Å²) in [6.45, 7) is 0.277. The van der Waals surface area contributed by atoms with Gasteiger partial charge in [-0.25, -0.2) is 4.79 Å². The highest BCUT2D eigenvalue weighted by atomic mass is 16.5. The molecule has 1 heterocycles. The number of benzene rings is 3. The number of carbonyl (C=O) groups is 1. The molecule has 0 radical (unpaired) electrons. The third-order valence-electron chi connectivity index (χ3n) is 4.09. The van der Waals surface area contributed by atoms with Crippen LogP contribution in [0.1, 0.15) is 15.9 Å². The van der Waals surface area contributed by atoms with E-state index in [1.165, 1.54) is 0 Å². The van der Waals surface area contributed by atoms with Crippen molar-refractivity contribution in [1.29, 1.82) is 0 Å². The van der Waals surface area contributed by atoms with Crippen LogP contribution in [-0.2, 0) is 11.3 Å². The first-order valence-electron chi connectivity index (χ1n) is 7.79. The molecule has 0 unspecified atom stereocenters. The molecule has 116 valence electrons. The maximum absolute atomic E-state index is 12.3. The van der Waals surface area contributed by atoms with Gasteiger partial charge in [-0.05, 0) is 39.9 Å². The summed E-state index contributed by atoms with van der Waals surface area (Å²) in [4.78, 5) is 16.5. The van der Waals surface area contributed by atoms with Crippen molar-refractivity contribution < 1.29 is 9.53 Å². The van der Waals surface area contributed by atoms with E-state index in [1.807, 2.05) is 72.9 Å². The van der Waals surface area contributed by atoms with Gasteiger partial charge < -0.3 is 4.74 Å². The Balaban J connectivity index is 1.62. The number of carbonyl (C=O) groups excluding carboxylic acids is 1. The third kappa shape index (κ3) is 2.72. The van der Waals surface area contributed by atoms with E-state index in [9.17, 15) is 4.79 Å². The first-order chi connectivity index (χ1) is 11.8. The molecule has 3 heteroatoms. The van der Waals surface area contributed by atoms with Crippen LogP contribution in [0.3, 0.4) is 0 Å². The highest BCUT2D eigenvalue weighted by Crippen LogP contribution is 2.25. The van der Waals surface area contributed by atoms with Crippen molar-refractivity contribution in [3.8, 4) is 0 Å². The number of rotatable bonds is 3. The van der Waals surface area contributed by atoms with Crippen LogP contribution < -0.4 is 0 Å². The largest absolute Gasteiger partial charge is 0.457 e. The third-order valence-corrected chi connectivity index (χ3v) is 4.09. The smallest absolute Gasteiger partial charge is 0.338 e. The van der Waals surface area contributed by atoms with Gasteiger partial charge in [0.15, 0.2) is 0 Å². The monoisotopic (exact) mass is 313 g/mol. The molecule has 0 fully saturated rings. The summed E-state index contributed by atoms with van der Waals surface area (Å²) >= 11 is 0. The van der Waals surface area contributed by atoms with Gasteiger partial charge in [0.1, 0.15) is 6.61 Å². The van der Waals surface area contributed by atoms with Gasteiger partial charge in [-0.2, -0.15) is 0 Å². The Morgan fingerprint density at radius 2 is 1.71 bits per heavy atom. The van der Waals surface area contributed by atoms with E-state index in [1.54, 1.807) is 6.20 Å². The van der Waals surface area contributed by atoms with Crippen LogP contribution in [0.25, 0.3) is 21.5 Å². The molecule has 0 bridgehead atoms. The highest BCUT2D eigenvalue weighted by Gasteiger charge is 2.09. The summed E-state index contributed by atoms with van der Waals surface area (Å²) in [7, 11) is 0. The van der Waals surface area contributed by atoms with Crippen molar-refractivity contribution in [2.75, 3.05) is 0 Å². The molecule has 4 rings (SSSR count). The van der Waals surface area contributed by atoms with Crippen LogP contribution in [0.4, 0.5) is 0 Å². The number of fused-ring (bicyclic) bond motifs is 3.